The highest BCUT2D eigenvalue weighted by Crippen LogP contribution is 2.22. The summed E-state index contributed by atoms with van der Waals surface area (Å²) in [4.78, 5) is 18.1. The number of rotatable bonds is 3. The Bertz CT molecular complexity index is 609. The predicted octanol–water partition coefficient (Wildman–Crippen LogP) is 2.40. The highest BCUT2D eigenvalue weighted by atomic mass is 32.1. The van der Waals surface area contributed by atoms with Crippen LogP contribution in [0.3, 0.4) is 0 Å². The first-order valence-corrected chi connectivity index (χ1v) is 7.07. The summed E-state index contributed by atoms with van der Waals surface area (Å²) >= 11 is 1.42. The molecule has 0 aliphatic carbocycles. The van der Waals surface area contributed by atoms with Crippen molar-refractivity contribution in [2.45, 2.75) is 19.5 Å². The number of thiazole rings is 1. The number of fused-ring (bicyclic) bond motifs is 1. The predicted molar refractivity (Wildman–Crippen MR) is 73.3 cm³/mol. The van der Waals surface area contributed by atoms with Crippen LogP contribution in [-0.2, 0) is 19.5 Å². The number of benzene rings is 1. The number of aromatic nitrogens is 1. The molecule has 0 saturated heterocycles. The van der Waals surface area contributed by atoms with E-state index in [1.807, 2.05) is 0 Å². The van der Waals surface area contributed by atoms with Gasteiger partial charge in [0, 0.05) is 19.6 Å². The molecule has 4 nitrogen and oxygen atoms in total. The van der Waals surface area contributed by atoms with E-state index in [0.29, 0.717) is 6.54 Å². The summed E-state index contributed by atoms with van der Waals surface area (Å²) in [7, 11) is 0. The van der Waals surface area contributed by atoms with Crippen molar-refractivity contribution in [3.8, 4) is 0 Å². The van der Waals surface area contributed by atoms with Gasteiger partial charge in [0.15, 0.2) is 5.69 Å². The summed E-state index contributed by atoms with van der Waals surface area (Å²) in [6.07, 6.45) is 1.03. The first kappa shape index (κ1) is 12.3. The summed E-state index contributed by atoms with van der Waals surface area (Å²) in [5, 5.41) is 9.07. The Labute approximate surface area is 115 Å². The third-order valence-corrected chi connectivity index (χ3v) is 4.24. The lowest BCUT2D eigenvalue weighted by atomic mass is 10.00. The van der Waals surface area contributed by atoms with E-state index in [-0.39, 0.29) is 5.69 Å². The molecule has 0 unspecified atom stereocenters. The number of carbonyl (C=O) groups is 1. The Morgan fingerprint density at radius 2 is 2.16 bits per heavy atom. The van der Waals surface area contributed by atoms with Crippen LogP contribution in [0.4, 0.5) is 0 Å². The van der Waals surface area contributed by atoms with Gasteiger partial charge in [0.1, 0.15) is 0 Å². The van der Waals surface area contributed by atoms with Crippen LogP contribution in [0.15, 0.2) is 29.8 Å². The normalized spacial score (nSPS) is 15.2. The van der Waals surface area contributed by atoms with Crippen LogP contribution >= 0.6 is 11.3 Å². The average Bonchev–Trinajstić information content (AvgIpc) is 2.87. The van der Waals surface area contributed by atoms with Crippen LogP contribution in [-0.4, -0.2) is 27.5 Å². The van der Waals surface area contributed by atoms with E-state index in [1.165, 1.54) is 22.5 Å². The van der Waals surface area contributed by atoms with Gasteiger partial charge in [-0.15, -0.1) is 11.3 Å². The molecule has 1 aliphatic rings. The molecule has 0 atom stereocenters. The smallest absolute Gasteiger partial charge is 0.355 e. The highest BCUT2D eigenvalue weighted by Gasteiger charge is 2.20. The van der Waals surface area contributed by atoms with Gasteiger partial charge in [0.2, 0.25) is 0 Å². The molecule has 0 spiro atoms. The quantitative estimate of drug-likeness (QED) is 0.933. The summed E-state index contributed by atoms with van der Waals surface area (Å²) in [6.45, 7) is 2.52. The van der Waals surface area contributed by atoms with Crippen LogP contribution in [0, 0.1) is 0 Å². The van der Waals surface area contributed by atoms with E-state index >= 15 is 0 Å². The highest BCUT2D eigenvalue weighted by molar-refractivity contribution is 7.09. The second-order valence-electron chi connectivity index (χ2n) is 4.66. The summed E-state index contributed by atoms with van der Waals surface area (Å²) < 4.78 is 0. The second kappa shape index (κ2) is 5.11. The van der Waals surface area contributed by atoms with E-state index < -0.39 is 5.97 Å². The molecule has 5 heteroatoms. The van der Waals surface area contributed by atoms with E-state index in [2.05, 4.69) is 34.1 Å². The molecule has 1 aromatic carbocycles. The molecule has 1 N–H and O–H groups in total. The van der Waals surface area contributed by atoms with Crippen molar-refractivity contribution in [2.24, 2.45) is 0 Å². The van der Waals surface area contributed by atoms with E-state index in [4.69, 9.17) is 5.11 Å². The zero-order chi connectivity index (χ0) is 13.2. The van der Waals surface area contributed by atoms with Crippen molar-refractivity contribution in [3.05, 3.63) is 51.5 Å². The summed E-state index contributed by atoms with van der Waals surface area (Å²) in [5.74, 6) is -0.936. The molecule has 19 heavy (non-hydrogen) atoms. The lowest BCUT2D eigenvalue weighted by molar-refractivity contribution is 0.0689. The van der Waals surface area contributed by atoms with Crippen molar-refractivity contribution in [1.29, 1.82) is 0 Å². The molecule has 2 aromatic rings. The fourth-order valence-corrected chi connectivity index (χ4v) is 3.24. The van der Waals surface area contributed by atoms with Crippen molar-refractivity contribution in [2.75, 3.05) is 6.54 Å². The van der Waals surface area contributed by atoms with Gasteiger partial charge in [-0.05, 0) is 17.5 Å². The lowest BCUT2D eigenvalue weighted by Gasteiger charge is -2.28. The van der Waals surface area contributed by atoms with Gasteiger partial charge >= 0.3 is 5.97 Å². The van der Waals surface area contributed by atoms with Gasteiger partial charge in [-0.1, -0.05) is 24.3 Å². The molecule has 0 saturated carbocycles. The fourth-order valence-electron chi connectivity index (χ4n) is 2.45. The summed E-state index contributed by atoms with van der Waals surface area (Å²) in [5.41, 5.74) is 4.55. The second-order valence-corrected chi connectivity index (χ2v) is 5.60. The third-order valence-electron chi connectivity index (χ3n) is 3.42. The lowest BCUT2D eigenvalue weighted by Crippen LogP contribution is -2.30. The number of nitrogens with zero attached hydrogens (tertiary/aromatic N) is 2. The number of hydrogen-bond acceptors (Lipinski definition) is 4. The van der Waals surface area contributed by atoms with Gasteiger partial charge < -0.3 is 5.11 Å². The van der Waals surface area contributed by atoms with Crippen LogP contribution in [0.2, 0.25) is 0 Å². The number of hydrogen-bond donors (Lipinski definition) is 1. The van der Waals surface area contributed by atoms with Gasteiger partial charge in [-0.3, -0.25) is 4.90 Å². The van der Waals surface area contributed by atoms with Crippen LogP contribution < -0.4 is 0 Å². The van der Waals surface area contributed by atoms with Crippen LogP contribution in [0.5, 0.6) is 0 Å². The van der Waals surface area contributed by atoms with Crippen molar-refractivity contribution >= 4 is 17.3 Å². The molecule has 0 bridgehead atoms. The van der Waals surface area contributed by atoms with Crippen molar-refractivity contribution in [3.63, 3.8) is 0 Å². The molecule has 98 valence electrons. The number of carboxylic acid groups (broad SMARTS) is 1. The maximum Gasteiger partial charge on any atom is 0.355 e. The molecule has 0 radical (unpaired) electrons. The molecular weight excluding hydrogens is 260 g/mol. The average molecular weight is 274 g/mol. The van der Waals surface area contributed by atoms with E-state index in [1.54, 1.807) is 5.51 Å². The topological polar surface area (TPSA) is 53.4 Å². The van der Waals surface area contributed by atoms with E-state index in [9.17, 15) is 4.79 Å². The molecule has 1 aromatic heterocycles. The van der Waals surface area contributed by atoms with Crippen molar-refractivity contribution < 1.29 is 9.90 Å². The Hall–Kier alpha value is -1.72. The zero-order valence-corrected chi connectivity index (χ0v) is 11.2. The van der Waals surface area contributed by atoms with Gasteiger partial charge in [0.05, 0.1) is 10.4 Å². The Kier molecular flexibility index (Phi) is 3.31. The fraction of sp³-hybridized carbons (Fsp3) is 0.286. The minimum absolute atomic E-state index is 0.198. The first-order chi connectivity index (χ1) is 9.24. The monoisotopic (exact) mass is 274 g/mol. The Balaban J connectivity index is 1.76. The van der Waals surface area contributed by atoms with Crippen LogP contribution in [0.25, 0.3) is 0 Å². The summed E-state index contributed by atoms with van der Waals surface area (Å²) in [6, 6.07) is 8.44. The SMILES string of the molecule is O=C(O)c1ncsc1CN1CCc2ccccc2C1. The molecular formula is C14H14N2O2S. The standard InChI is InChI=1S/C14H14N2O2S/c17-14(18)13-12(19-9-15-13)8-16-6-5-10-3-1-2-4-11(10)7-16/h1-4,9H,5-8H2,(H,17,18). The zero-order valence-electron chi connectivity index (χ0n) is 10.4. The van der Waals surface area contributed by atoms with Crippen molar-refractivity contribution in [1.82, 2.24) is 9.88 Å². The third kappa shape index (κ3) is 2.52. The molecule has 3 rings (SSSR count). The maximum atomic E-state index is 11.0. The first-order valence-electron chi connectivity index (χ1n) is 6.19. The minimum atomic E-state index is -0.936. The number of aromatic carboxylic acids is 1. The molecule has 1 aliphatic heterocycles. The van der Waals surface area contributed by atoms with E-state index in [0.717, 1.165) is 24.4 Å². The Morgan fingerprint density at radius 3 is 2.95 bits per heavy atom. The maximum absolute atomic E-state index is 11.0. The Morgan fingerprint density at radius 1 is 1.37 bits per heavy atom. The largest absolute Gasteiger partial charge is 0.476 e. The van der Waals surface area contributed by atoms with Gasteiger partial charge in [0.25, 0.3) is 0 Å². The molecule has 0 amide bonds. The van der Waals surface area contributed by atoms with Gasteiger partial charge in [-0.25, -0.2) is 9.78 Å². The van der Waals surface area contributed by atoms with Gasteiger partial charge in [-0.2, -0.15) is 0 Å². The number of carboxylic acids is 1. The molecule has 0 fully saturated rings. The molecule has 2 heterocycles. The van der Waals surface area contributed by atoms with Crippen LogP contribution in [0.1, 0.15) is 26.5 Å². The minimum Gasteiger partial charge on any atom is -0.476 e.